The summed E-state index contributed by atoms with van der Waals surface area (Å²) in [5.41, 5.74) is 1.54. The fourth-order valence-corrected chi connectivity index (χ4v) is 2.56. The van der Waals surface area contributed by atoms with Gasteiger partial charge in [-0.1, -0.05) is 32.9 Å². The maximum Gasteiger partial charge on any atom is 0.251 e. The van der Waals surface area contributed by atoms with Crippen LogP contribution in [0.15, 0.2) is 48.5 Å². The minimum atomic E-state index is -0.512. The van der Waals surface area contributed by atoms with Crippen LogP contribution in [0.4, 0.5) is 17.1 Å². The summed E-state index contributed by atoms with van der Waals surface area (Å²) in [6, 6.07) is 14.0. The van der Waals surface area contributed by atoms with Gasteiger partial charge in [0.05, 0.1) is 6.54 Å². The molecule has 0 spiro atoms. The molecule has 0 aliphatic rings. The fraction of sp³-hybridized carbons (Fsp3) is 0.375. The van der Waals surface area contributed by atoms with E-state index in [4.69, 9.17) is 0 Å². The lowest BCUT2D eigenvalue weighted by molar-refractivity contribution is -0.123. The van der Waals surface area contributed by atoms with E-state index in [1.54, 1.807) is 48.5 Å². The molecule has 0 fully saturated rings. The van der Waals surface area contributed by atoms with Gasteiger partial charge in [-0.3, -0.25) is 14.4 Å². The van der Waals surface area contributed by atoms with Gasteiger partial charge in [0.1, 0.15) is 0 Å². The van der Waals surface area contributed by atoms with Crippen molar-refractivity contribution in [3.8, 4) is 0 Å². The van der Waals surface area contributed by atoms with Crippen molar-refractivity contribution < 1.29 is 14.4 Å². The maximum atomic E-state index is 12.3. The Kier molecular flexibility index (Phi) is 7.44. The van der Waals surface area contributed by atoms with Gasteiger partial charge in [0, 0.05) is 33.6 Å². The molecule has 4 N–H and O–H groups in total. The van der Waals surface area contributed by atoms with Crippen LogP contribution in [0.25, 0.3) is 0 Å². The van der Waals surface area contributed by atoms with Crippen LogP contribution in [0.5, 0.6) is 0 Å². The lowest BCUT2D eigenvalue weighted by atomic mass is 9.95. The second kappa shape index (κ2) is 9.64. The lowest BCUT2D eigenvalue weighted by Gasteiger charge is -2.20. The smallest absolute Gasteiger partial charge is 0.251 e. The second-order valence-electron chi connectivity index (χ2n) is 9.47. The standard InChI is InChI=1S/C24H32N4O3/c1-23(2,3)22(31)27-19-12-8-11-18(14-19)26-20(29)15-25-17-10-7-9-16(13-17)21(30)28-24(4,5)6/h7-14,25H,15H2,1-6H3,(H,26,29)(H,27,31)(H,28,30). The minimum Gasteiger partial charge on any atom is -0.376 e. The van der Waals surface area contributed by atoms with Crippen LogP contribution in [-0.4, -0.2) is 29.8 Å². The van der Waals surface area contributed by atoms with E-state index in [-0.39, 0.29) is 29.8 Å². The average Bonchev–Trinajstić information content (AvgIpc) is 2.65. The van der Waals surface area contributed by atoms with Gasteiger partial charge in [0.2, 0.25) is 11.8 Å². The number of carbonyl (C=O) groups excluding carboxylic acids is 3. The van der Waals surface area contributed by atoms with E-state index in [9.17, 15) is 14.4 Å². The zero-order chi connectivity index (χ0) is 23.2. The van der Waals surface area contributed by atoms with Crippen LogP contribution in [0.1, 0.15) is 51.9 Å². The zero-order valence-corrected chi connectivity index (χ0v) is 19.1. The van der Waals surface area contributed by atoms with Gasteiger partial charge < -0.3 is 21.3 Å². The highest BCUT2D eigenvalue weighted by Crippen LogP contribution is 2.20. The number of hydrogen-bond donors (Lipinski definition) is 4. The van der Waals surface area contributed by atoms with Crippen LogP contribution >= 0.6 is 0 Å². The number of rotatable bonds is 6. The van der Waals surface area contributed by atoms with Crippen LogP contribution in [-0.2, 0) is 9.59 Å². The van der Waals surface area contributed by atoms with E-state index in [1.165, 1.54) is 0 Å². The van der Waals surface area contributed by atoms with Crippen molar-refractivity contribution >= 4 is 34.8 Å². The number of amides is 3. The fourth-order valence-electron chi connectivity index (χ4n) is 2.56. The SMILES string of the molecule is CC(C)(C)NC(=O)c1cccc(NCC(=O)Nc2cccc(NC(=O)C(C)(C)C)c2)c1. The molecule has 0 saturated carbocycles. The molecule has 0 aliphatic heterocycles. The summed E-state index contributed by atoms with van der Waals surface area (Å²) in [7, 11) is 0. The first kappa shape index (κ1) is 23.9. The number of hydrogen-bond acceptors (Lipinski definition) is 4. The summed E-state index contributed by atoms with van der Waals surface area (Å²) >= 11 is 0. The first-order chi connectivity index (χ1) is 14.3. The van der Waals surface area contributed by atoms with Crippen molar-refractivity contribution in [2.75, 3.05) is 22.5 Å². The molecular formula is C24H32N4O3. The summed E-state index contributed by atoms with van der Waals surface area (Å²) in [6.45, 7) is 11.3. The lowest BCUT2D eigenvalue weighted by Crippen LogP contribution is -2.40. The Bertz CT molecular complexity index is 956. The molecule has 2 rings (SSSR count). The topological polar surface area (TPSA) is 99.3 Å². The van der Waals surface area contributed by atoms with Gasteiger partial charge in [-0.2, -0.15) is 0 Å². The molecule has 2 aromatic carbocycles. The van der Waals surface area contributed by atoms with E-state index < -0.39 is 5.41 Å². The molecule has 31 heavy (non-hydrogen) atoms. The summed E-state index contributed by atoms with van der Waals surface area (Å²) < 4.78 is 0. The number of benzene rings is 2. The van der Waals surface area contributed by atoms with Gasteiger partial charge in [0.25, 0.3) is 5.91 Å². The van der Waals surface area contributed by atoms with Gasteiger partial charge in [-0.05, 0) is 57.2 Å². The monoisotopic (exact) mass is 424 g/mol. The predicted molar refractivity (Wildman–Crippen MR) is 125 cm³/mol. The van der Waals surface area contributed by atoms with E-state index in [0.29, 0.717) is 22.6 Å². The predicted octanol–water partition coefficient (Wildman–Crippen LogP) is 4.25. The minimum absolute atomic E-state index is 0.0307. The normalized spacial score (nSPS) is 11.4. The van der Waals surface area contributed by atoms with Crippen LogP contribution in [0, 0.1) is 5.41 Å². The van der Waals surface area contributed by atoms with E-state index >= 15 is 0 Å². The third-order valence-electron chi connectivity index (χ3n) is 4.15. The Morgan fingerprint density at radius 1 is 0.774 bits per heavy atom. The zero-order valence-electron chi connectivity index (χ0n) is 19.1. The number of anilines is 3. The molecule has 0 radical (unpaired) electrons. The van der Waals surface area contributed by atoms with E-state index in [1.807, 2.05) is 41.5 Å². The highest BCUT2D eigenvalue weighted by Gasteiger charge is 2.21. The molecule has 0 heterocycles. The van der Waals surface area contributed by atoms with Crippen molar-refractivity contribution in [3.05, 3.63) is 54.1 Å². The van der Waals surface area contributed by atoms with Crippen LogP contribution in [0.3, 0.4) is 0 Å². The first-order valence-corrected chi connectivity index (χ1v) is 10.2. The molecule has 0 unspecified atom stereocenters. The molecule has 0 saturated heterocycles. The van der Waals surface area contributed by atoms with Gasteiger partial charge in [-0.15, -0.1) is 0 Å². The Balaban J connectivity index is 1.94. The molecule has 2 aromatic rings. The molecule has 166 valence electrons. The third-order valence-corrected chi connectivity index (χ3v) is 4.15. The van der Waals surface area contributed by atoms with Crippen molar-refractivity contribution in [3.63, 3.8) is 0 Å². The molecule has 0 aromatic heterocycles. The molecule has 3 amide bonds. The Hall–Kier alpha value is -3.35. The third kappa shape index (κ3) is 8.12. The van der Waals surface area contributed by atoms with Crippen molar-refractivity contribution in [2.45, 2.75) is 47.1 Å². The second-order valence-corrected chi connectivity index (χ2v) is 9.47. The largest absolute Gasteiger partial charge is 0.376 e. The quantitative estimate of drug-likeness (QED) is 0.557. The van der Waals surface area contributed by atoms with Gasteiger partial charge in [0.15, 0.2) is 0 Å². The Labute approximate surface area is 184 Å². The molecular weight excluding hydrogens is 392 g/mol. The van der Waals surface area contributed by atoms with Crippen molar-refractivity contribution in [1.29, 1.82) is 0 Å². The Morgan fingerprint density at radius 2 is 1.35 bits per heavy atom. The molecule has 7 heteroatoms. The molecule has 0 aliphatic carbocycles. The van der Waals surface area contributed by atoms with E-state index in [2.05, 4.69) is 21.3 Å². The van der Waals surface area contributed by atoms with E-state index in [0.717, 1.165) is 0 Å². The van der Waals surface area contributed by atoms with Crippen molar-refractivity contribution in [1.82, 2.24) is 5.32 Å². The molecule has 0 atom stereocenters. The van der Waals surface area contributed by atoms with Gasteiger partial charge >= 0.3 is 0 Å². The number of nitrogens with one attached hydrogen (secondary N) is 4. The van der Waals surface area contributed by atoms with Crippen LogP contribution in [0.2, 0.25) is 0 Å². The summed E-state index contributed by atoms with van der Waals surface area (Å²) in [5.74, 6) is -0.522. The number of carbonyl (C=O) groups is 3. The Morgan fingerprint density at radius 3 is 1.97 bits per heavy atom. The summed E-state index contributed by atoms with van der Waals surface area (Å²) in [6.07, 6.45) is 0. The highest BCUT2D eigenvalue weighted by atomic mass is 16.2. The van der Waals surface area contributed by atoms with Crippen LogP contribution < -0.4 is 21.3 Å². The molecule has 0 bridgehead atoms. The molecule has 7 nitrogen and oxygen atoms in total. The van der Waals surface area contributed by atoms with Crippen molar-refractivity contribution in [2.24, 2.45) is 5.41 Å². The maximum absolute atomic E-state index is 12.3. The average molecular weight is 425 g/mol. The summed E-state index contributed by atoms with van der Waals surface area (Å²) in [5, 5.41) is 11.6. The summed E-state index contributed by atoms with van der Waals surface area (Å²) in [4.78, 5) is 36.8. The first-order valence-electron chi connectivity index (χ1n) is 10.2. The van der Waals surface area contributed by atoms with Gasteiger partial charge in [-0.25, -0.2) is 0 Å². The highest BCUT2D eigenvalue weighted by molar-refractivity contribution is 5.98.